The van der Waals surface area contributed by atoms with Gasteiger partial charge >= 0.3 is 0 Å². The second-order valence-corrected chi connectivity index (χ2v) is 7.46. The molecule has 1 fully saturated rings. The molecule has 0 saturated heterocycles. The first-order valence-electron chi connectivity index (χ1n) is 7.99. The molecule has 3 atom stereocenters. The Hall–Kier alpha value is -1.02. The number of para-hydroxylation sites is 1. The van der Waals surface area contributed by atoms with Gasteiger partial charge in [0.05, 0.1) is 6.04 Å². The Kier molecular flexibility index (Phi) is 3.53. The molecule has 2 aliphatic rings. The fourth-order valence-electron chi connectivity index (χ4n) is 4.14. The zero-order chi connectivity index (χ0) is 14.3. The molecule has 3 rings (SSSR count). The summed E-state index contributed by atoms with van der Waals surface area (Å²) in [7, 11) is 0. The number of fused-ring (bicyclic) bond motifs is 1. The molecule has 1 N–H and O–H groups in total. The summed E-state index contributed by atoms with van der Waals surface area (Å²) in [6, 6.07) is 9.39. The average molecular weight is 273 g/mol. The molecule has 0 radical (unpaired) electrons. The summed E-state index contributed by atoms with van der Waals surface area (Å²) in [6.45, 7) is 9.16. The molecule has 2 heteroatoms. The molecule has 110 valence electrons. The molecule has 1 aromatic rings. The highest BCUT2D eigenvalue weighted by Gasteiger charge is 2.42. The Labute approximate surface area is 122 Å². The molecule has 0 aromatic heterocycles. The van der Waals surface area contributed by atoms with Crippen molar-refractivity contribution < 1.29 is 4.74 Å². The highest BCUT2D eigenvalue weighted by atomic mass is 16.5. The molecule has 0 amide bonds. The monoisotopic (exact) mass is 273 g/mol. The van der Waals surface area contributed by atoms with Gasteiger partial charge < -0.3 is 10.1 Å². The minimum Gasteiger partial charge on any atom is -0.486 e. The predicted octanol–water partition coefficient (Wildman–Crippen LogP) is 4.31. The zero-order valence-electron chi connectivity index (χ0n) is 13.1. The number of hydrogen-bond acceptors (Lipinski definition) is 2. The van der Waals surface area contributed by atoms with Crippen LogP contribution in [0.3, 0.4) is 0 Å². The van der Waals surface area contributed by atoms with Gasteiger partial charge in [-0.25, -0.2) is 0 Å². The van der Waals surface area contributed by atoms with Crippen LogP contribution in [0.5, 0.6) is 5.75 Å². The van der Waals surface area contributed by atoms with Crippen LogP contribution in [0.4, 0.5) is 0 Å². The van der Waals surface area contributed by atoms with Crippen LogP contribution < -0.4 is 10.1 Å². The number of nitrogens with one attached hydrogen (secondary N) is 1. The fraction of sp³-hybridized carbons (Fsp3) is 0.667. The van der Waals surface area contributed by atoms with E-state index in [0.29, 0.717) is 12.1 Å². The van der Waals surface area contributed by atoms with Crippen molar-refractivity contribution in [2.75, 3.05) is 0 Å². The van der Waals surface area contributed by atoms with E-state index in [2.05, 4.69) is 57.3 Å². The van der Waals surface area contributed by atoms with Crippen molar-refractivity contribution in [3.8, 4) is 5.75 Å². The first kappa shape index (κ1) is 13.9. The van der Waals surface area contributed by atoms with Crippen molar-refractivity contribution in [2.24, 2.45) is 11.8 Å². The van der Waals surface area contributed by atoms with Gasteiger partial charge in [-0.1, -0.05) is 32.0 Å². The van der Waals surface area contributed by atoms with E-state index in [1.54, 1.807) is 0 Å². The maximum atomic E-state index is 6.14. The fourth-order valence-corrected chi connectivity index (χ4v) is 4.14. The maximum absolute atomic E-state index is 6.14. The van der Waals surface area contributed by atoms with Crippen LogP contribution in [0.25, 0.3) is 0 Å². The van der Waals surface area contributed by atoms with Gasteiger partial charge in [-0.3, -0.25) is 0 Å². The lowest BCUT2D eigenvalue weighted by atomic mass is 9.79. The Morgan fingerprint density at radius 1 is 1.05 bits per heavy atom. The summed E-state index contributed by atoms with van der Waals surface area (Å²) in [5.74, 6) is 2.71. The normalized spacial score (nSPS) is 35.4. The van der Waals surface area contributed by atoms with Crippen LogP contribution >= 0.6 is 0 Å². The topological polar surface area (TPSA) is 21.3 Å². The highest BCUT2D eigenvalue weighted by Crippen LogP contribution is 2.44. The summed E-state index contributed by atoms with van der Waals surface area (Å²) in [4.78, 5) is 0. The summed E-state index contributed by atoms with van der Waals surface area (Å²) in [5.41, 5.74) is 1.16. The van der Waals surface area contributed by atoms with Gasteiger partial charge in [0.2, 0.25) is 0 Å². The summed E-state index contributed by atoms with van der Waals surface area (Å²) in [6.07, 6.45) is 3.96. The number of ether oxygens (including phenoxy) is 1. The molecular weight excluding hydrogens is 246 g/mol. The molecule has 2 nitrogen and oxygen atoms in total. The Bertz CT molecular complexity index is 472. The minimum absolute atomic E-state index is 0.159. The molecule has 1 aromatic carbocycles. The predicted molar refractivity (Wildman–Crippen MR) is 83.0 cm³/mol. The van der Waals surface area contributed by atoms with Crippen LogP contribution in [0.15, 0.2) is 24.3 Å². The van der Waals surface area contributed by atoms with E-state index in [4.69, 9.17) is 4.74 Å². The van der Waals surface area contributed by atoms with Crippen LogP contribution in [-0.4, -0.2) is 11.6 Å². The average Bonchev–Trinajstić information content (AvgIpc) is 2.59. The third-order valence-electron chi connectivity index (χ3n) is 4.88. The lowest BCUT2D eigenvalue weighted by molar-refractivity contribution is 0.0823. The summed E-state index contributed by atoms with van der Waals surface area (Å²) in [5, 5.41) is 3.90. The van der Waals surface area contributed by atoms with Crippen LogP contribution in [0, 0.1) is 11.8 Å². The minimum atomic E-state index is -0.159. The number of rotatable bonds is 2. The van der Waals surface area contributed by atoms with Crippen molar-refractivity contribution in [1.29, 1.82) is 0 Å². The van der Waals surface area contributed by atoms with Crippen molar-refractivity contribution in [1.82, 2.24) is 5.32 Å². The lowest BCUT2D eigenvalue weighted by Crippen LogP contribution is -2.46. The number of benzene rings is 1. The van der Waals surface area contributed by atoms with Crippen molar-refractivity contribution in [3.05, 3.63) is 29.8 Å². The second-order valence-electron chi connectivity index (χ2n) is 7.46. The zero-order valence-corrected chi connectivity index (χ0v) is 13.1. The SMILES string of the molecule is CC1CC(C)CC(NC2c3ccccc3OC2(C)C)C1. The number of hydrogen-bond donors (Lipinski definition) is 1. The summed E-state index contributed by atoms with van der Waals surface area (Å²) < 4.78 is 6.14. The van der Waals surface area contributed by atoms with Crippen molar-refractivity contribution in [2.45, 2.75) is 64.6 Å². The molecule has 20 heavy (non-hydrogen) atoms. The van der Waals surface area contributed by atoms with E-state index in [0.717, 1.165) is 17.6 Å². The Morgan fingerprint density at radius 2 is 1.70 bits per heavy atom. The Balaban J connectivity index is 1.79. The molecule has 0 spiro atoms. The van der Waals surface area contributed by atoms with Gasteiger partial charge in [-0.2, -0.15) is 0 Å². The van der Waals surface area contributed by atoms with E-state index in [1.165, 1.54) is 24.8 Å². The molecular formula is C18H27NO. The van der Waals surface area contributed by atoms with Gasteiger partial charge in [-0.15, -0.1) is 0 Å². The third kappa shape index (κ3) is 2.58. The van der Waals surface area contributed by atoms with Crippen LogP contribution in [-0.2, 0) is 0 Å². The van der Waals surface area contributed by atoms with E-state index in [-0.39, 0.29) is 5.60 Å². The molecule has 3 unspecified atom stereocenters. The lowest BCUT2D eigenvalue weighted by Gasteiger charge is -2.37. The van der Waals surface area contributed by atoms with Crippen molar-refractivity contribution in [3.63, 3.8) is 0 Å². The van der Waals surface area contributed by atoms with Crippen LogP contribution in [0.2, 0.25) is 0 Å². The van der Waals surface area contributed by atoms with Gasteiger partial charge in [0.25, 0.3) is 0 Å². The molecule has 1 heterocycles. The van der Waals surface area contributed by atoms with E-state index < -0.39 is 0 Å². The highest BCUT2D eigenvalue weighted by molar-refractivity contribution is 5.42. The van der Waals surface area contributed by atoms with E-state index in [9.17, 15) is 0 Å². The standard InChI is InChI=1S/C18H27NO/c1-12-9-13(2)11-14(10-12)19-17-15-7-5-6-8-16(15)20-18(17,3)4/h5-8,12-14,17,19H,9-11H2,1-4H3. The first-order valence-corrected chi connectivity index (χ1v) is 7.99. The second kappa shape index (κ2) is 5.07. The van der Waals surface area contributed by atoms with Gasteiger partial charge in [0.15, 0.2) is 0 Å². The Morgan fingerprint density at radius 3 is 2.40 bits per heavy atom. The van der Waals surface area contributed by atoms with Gasteiger partial charge in [0, 0.05) is 11.6 Å². The maximum Gasteiger partial charge on any atom is 0.125 e. The molecule has 0 bridgehead atoms. The molecule has 1 saturated carbocycles. The quantitative estimate of drug-likeness (QED) is 0.867. The smallest absolute Gasteiger partial charge is 0.125 e. The van der Waals surface area contributed by atoms with Crippen molar-refractivity contribution >= 4 is 0 Å². The molecule has 1 aliphatic heterocycles. The summed E-state index contributed by atoms with van der Waals surface area (Å²) >= 11 is 0. The van der Waals surface area contributed by atoms with Gasteiger partial charge in [-0.05, 0) is 51.0 Å². The first-order chi connectivity index (χ1) is 9.45. The molecule has 1 aliphatic carbocycles. The van der Waals surface area contributed by atoms with Gasteiger partial charge in [0.1, 0.15) is 11.4 Å². The van der Waals surface area contributed by atoms with Crippen LogP contribution in [0.1, 0.15) is 58.6 Å². The van der Waals surface area contributed by atoms with E-state index >= 15 is 0 Å². The third-order valence-corrected chi connectivity index (χ3v) is 4.88. The van der Waals surface area contributed by atoms with E-state index in [1.807, 2.05) is 0 Å². The largest absolute Gasteiger partial charge is 0.486 e.